The highest BCUT2D eigenvalue weighted by Gasteiger charge is 2.32. The Bertz CT molecular complexity index is 335. The van der Waals surface area contributed by atoms with Gasteiger partial charge in [-0.05, 0) is 64.5 Å². The second-order valence-electron chi connectivity index (χ2n) is 6.73. The summed E-state index contributed by atoms with van der Waals surface area (Å²) in [5.41, 5.74) is -0.330. The fourth-order valence-corrected chi connectivity index (χ4v) is 3.22. The van der Waals surface area contributed by atoms with E-state index in [0.717, 1.165) is 32.5 Å². The van der Waals surface area contributed by atoms with Crippen LogP contribution in [0.25, 0.3) is 0 Å². The highest BCUT2D eigenvalue weighted by molar-refractivity contribution is 5.07. The number of nitriles is 1. The number of piperidine rings is 1. The van der Waals surface area contributed by atoms with Crippen molar-refractivity contribution in [2.45, 2.75) is 57.0 Å². The zero-order chi connectivity index (χ0) is 14.4. The van der Waals surface area contributed by atoms with E-state index in [-0.39, 0.29) is 5.54 Å². The number of hydrogen-bond donors (Lipinski definition) is 1. The van der Waals surface area contributed by atoms with Crippen molar-refractivity contribution in [2.24, 2.45) is 5.92 Å². The topological polar surface area (TPSA) is 48.3 Å². The number of nitrogens with one attached hydrogen (secondary N) is 1. The molecule has 1 aliphatic heterocycles. The lowest BCUT2D eigenvalue weighted by Crippen LogP contribution is -2.43. The van der Waals surface area contributed by atoms with E-state index in [2.05, 4.69) is 23.2 Å². The highest BCUT2D eigenvalue weighted by atomic mass is 16.5. The largest absolute Gasteiger partial charge is 0.384 e. The molecule has 2 atom stereocenters. The molecule has 0 bridgehead atoms. The van der Waals surface area contributed by atoms with E-state index in [1.165, 1.54) is 32.2 Å². The molecule has 0 amide bonds. The molecule has 0 aromatic rings. The van der Waals surface area contributed by atoms with Gasteiger partial charge in [0.25, 0.3) is 0 Å². The molecule has 2 rings (SSSR count). The molecule has 4 heteroatoms. The molecule has 0 aromatic heterocycles. The summed E-state index contributed by atoms with van der Waals surface area (Å²) in [6, 6.07) is 3.06. The van der Waals surface area contributed by atoms with Crippen LogP contribution in [0.3, 0.4) is 0 Å². The Balaban J connectivity index is 1.67. The molecule has 1 heterocycles. The summed E-state index contributed by atoms with van der Waals surface area (Å²) in [5.74, 6) is 0.695. The summed E-state index contributed by atoms with van der Waals surface area (Å²) in [4.78, 5) is 2.54. The number of ether oxygens (including phenoxy) is 1. The Labute approximate surface area is 123 Å². The molecule has 20 heavy (non-hydrogen) atoms. The van der Waals surface area contributed by atoms with Crippen molar-refractivity contribution in [1.29, 1.82) is 5.26 Å². The Morgan fingerprint density at radius 1 is 1.40 bits per heavy atom. The predicted molar refractivity (Wildman–Crippen MR) is 80.4 cm³/mol. The van der Waals surface area contributed by atoms with Crippen molar-refractivity contribution in [3.8, 4) is 6.07 Å². The second kappa shape index (κ2) is 7.40. The van der Waals surface area contributed by atoms with Crippen molar-refractivity contribution in [3.63, 3.8) is 0 Å². The van der Waals surface area contributed by atoms with Gasteiger partial charge in [0.2, 0.25) is 0 Å². The van der Waals surface area contributed by atoms with Gasteiger partial charge in [0.05, 0.1) is 12.7 Å². The second-order valence-corrected chi connectivity index (χ2v) is 6.73. The van der Waals surface area contributed by atoms with Crippen LogP contribution >= 0.6 is 0 Å². The molecule has 1 N–H and O–H groups in total. The van der Waals surface area contributed by atoms with Crippen molar-refractivity contribution >= 4 is 0 Å². The number of methoxy groups -OCH3 is 1. The lowest BCUT2D eigenvalue weighted by Gasteiger charge is -2.33. The maximum Gasteiger partial charge on any atom is 0.104 e. The van der Waals surface area contributed by atoms with Crippen LogP contribution in [-0.4, -0.2) is 49.8 Å². The Morgan fingerprint density at radius 3 is 2.85 bits per heavy atom. The van der Waals surface area contributed by atoms with Gasteiger partial charge in [-0.15, -0.1) is 0 Å². The molecule has 1 aliphatic carbocycles. The van der Waals surface area contributed by atoms with Gasteiger partial charge in [0.1, 0.15) is 5.54 Å². The minimum absolute atomic E-state index is 0.330. The van der Waals surface area contributed by atoms with E-state index in [4.69, 9.17) is 4.74 Å². The number of hydrogen-bond acceptors (Lipinski definition) is 4. The first-order valence-corrected chi connectivity index (χ1v) is 8.05. The van der Waals surface area contributed by atoms with Gasteiger partial charge in [-0.3, -0.25) is 5.32 Å². The molecule has 4 nitrogen and oxygen atoms in total. The van der Waals surface area contributed by atoms with Gasteiger partial charge in [-0.25, -0.2) is 0 Å². The molecular weight excluding hydrogens is 250 g/mol. The summed E-state index contributed by atoms with van der Waals surface area (Å²) >= 11 is 0. The molecule has 114 valence electrons. The SMILES string of the molecule is COCC1CCCN(CCCC(C)(C#N)NC2CC2)C1. The van der Waals surface area contributed by atoms with Crippen molar-refractivity contribution in [3.05, 3.63) is 0 Å². The first-order valence-electron chi connectivity index (χ1n) is 8.05. The summed E-state index contributed by atoms with van der Waals surface area (Å²) in [5, 5.41) is 12.9. The van der Waals surface area contributed by atoms with Gasteiger partial charge in [-0.1, -0.05) is 0 Å². The summed E-state index contributed by atoms with van der Waals surface area (Å²) in [7, 11) is 1.79. The minimum atomic E-state index is -0.330. The fourth-order valence-electron chi connectivity index (χ4n) is 3.22. The van der Waals surface area contributed by atoms with Crippen molar-refractivity contribution in [2.75, 3.05) is 33.4 Å². The molecule has 1 saturated carbocycles. The molecule has 0 aromatic carbocycles. The third kappa shape index (κ3) is 5.05. The van der Waals surface area contributed by atoms with Gasteiger partial charge in [-0.2, -0.15) is 5.26 Å². The Hall–Kier alpha value is -0.630. The third-order valence-electron chi connectivity index (χ3n) is 4.50. The van der Waals surface area contributed by atoms with Crippen molar-refractivity contribution < 1.29 is 4.74 Å². The summed E-state index contributed by atoms with van der Waals surface area (Å²) in [6.45, 7) is 6.42. The average Bonchev–Trinajstić information content (AvgIpc) is 3.23. The third-order valence-corrected chi connectivity index (χ3v) is 4.50. The van der Waals surface area contributed by atoms with E-state index in [9.17, 15) is 5.26 Å². The Morgan fingerprint density at radius 2 is 2.20 bits per heavy atom. The normalized spacial score (nSPS) is 26.9. The monoisotopic (exact) mass is 279 g/mol. The van der Waals surface area contributed by atoms with E-state index >= 15 is 0 Å². The lowest BCUT2D eigenvalue weighted by atomic mass is 9.95. The standard InChI is InChI=1S/C16H29N3O/c1-16(13-17,18-15-6-7-15)8-4-10-19-9-3-5-14(11-19)12-20-2/h14-15,18H,3-12H2,1-2H3. The van der Waals surface area contributed by atoms with Gasteiger partial charge in [0, 0.05) is 19.7 Å². The maximum absolute atomic E-state index is 9.37. The molecule has 1 saturated heterocycles. The smallest absolute Gasteiger partial charge is 0.104 e. The minimum Gasteiger partial charge on any atom is -0.384 e. The van der Waals surface area contributed by atoms with Crippen LogP contribution in [0.4, 0.5) is 0 Å². The quantitative estimate of drug-likeness (QED) is 0.739. The van der Waals surface area contributed by atoms with Gasteiger partial charge < -0.3 is 9.64 Å². The van der Waals surface area contributed by atoms with Gasteiger partial charge >= 0.3 is 0 Å². The predicted octanol–water partition coefficient (Wildman–Crippen LogP) is 2.16. The van der Waals surface area contributed by atoms with E-state index in [1.54, 1.807) is 7.11 Å². The average molecular weight is 279 g/mol. The van der Waals surface area contributed by atoms with Crippen LogP contribution in [0, 0.1) is 17.2 Å². The molecule has 0 spiro atoms. The first kappa shape index (κ1) is 15.8. The van der Waals surface area contributed by atoms with Gasteiger partial charge in [0.15, 0.2) is 0 Å². The van der Waals surface area contributed by atoms with Crippen LogP contribution in [0.2, 0.25) is 0 Å². The molecule has 2 fully saturated rings. The maximum atomic E-state index is 9.37. The first-order chi connectivity index (χ1) is 9.65. The van der Waals surface area contributed by atoms with E-state index < -0.39 is 0 Å². The van der Waals surface area contributed by atoms with Crippen LogP contribution in [0.5, 0.6) is 0 Å². The van der Waals surface area contributed by atoms with E-state index in [0.29, 0.717) is 12.0 Å². The summed E-state index contributed by atoms with van der Waals surface area (Å²) in [6.07, 6.45) is 7.10. The fraction of sp³-hybridized carbons (Fsp3) is 0.938. The summed E-state index contributed by atoms with van der Waals surface area (Å²) < 4.78 is 5.28. The zero-order valence-electron chi connectivity index (χ0n) is 13.0. The molecule has 2 aliphatic rings. The highest BCUT2D eigenvalue weighted by Crippen LogP contribution is 2.25. The number of rotatable bonds is 8. The molecule has 2 unspecified atom stereocenters. The van der Waals surface area contributed by atoms with Crippen LogP contribution in [0.15, 0.2) is 0 Å². The zero-order valence-corrected chi connectivity index (χ0v) is 13.0. The number of nitrogens with zero attached hydrogens (tertiary/aromatic N) is 2. The van der Waals surface area contributed by atoms with E-state index in [1.807, 2.05) is 0 Å². The van der Waals surface area contributed by atoms with Crippen molar-refractivity contribution in [1.82, 2.24) is 10.2 Å². The molecule has 0 radical (unpaired) electrons. The lowest BCUT2D eigenvalue weighted by molar-refractivity contribution is 0.0891. The van der Waals surface area contributed by atoms with Crippen LogP contribution in [0.1, 0.15) is 45.4 Å². The number of likely N-dealkylation sites (tertiary alicyclic amines) is 1. The van der Waals surface area contributed by atoms with Crippen LogP contribution < -0.4 is 5.32 Å². The Kier molecular flexibility index (Phi) is 5.83. The van der Waals surface area contributed by atoms with Crippen LogP contribution in [-0.2, 0) is 4.74 Å². The molecular formula is C16H29N3O.